The van der Waals surface area contributed by atoms with E-state index in [0.717, 1.165) is 17.3 Å². The molecule has 1 aliphatic heterocycles. The van der Waals surface area contributed by atoms with Crippen LogP contribution in [-0.2, 0) is 14.8 Å². The van der Waals surface area contributed by atoms with Crippen LogP contribution in [-0.4, -0.2) is 37.6 Å². The number of aromatic nitrogens is 2. The maximum absolute atomic E-state index is 13.6. The van der Waals surface area contributed by atoms with Crippen LogP contribution in [0.5, 0.6) is 0 Å². The van der Waals surface area contributed by atoms with Crippen LogP contribution in [0.3, 0.4) is 0 Å². The number of sulfonamides is 1. The lowest BCUT2D eigenvalue weighted by Crippen LogP contribution is -2.38. The van der Waals surface area contributed by atoms with Crippen molar-refractivity contribution in [3.63, 3.8) is 0 Å². The van der Waals surface area contributed by atoms with Gasteiger partial charge >= 0.3 is 0 Å². The molecule has 0 N–H and O–H groups in total. The maximum Gasteiger partial charge on any atom is 0.266 e. The summed E-state index contributed by atoms with van der Waals surface area (Å²) in [6, 6.07) is 12.1. The zero-order valence-corrected chi connectivity index (χ0v) is 16.9. The molecule has 1 aliphatic rings. The molecule has 6 nitrogen and oxygen atoms in total. The molecule has 3 heterocycles. The van der Waals surface area contributed by atoms with Crippen molar-refractivity contribution < 1.29 is 13.2 Å². The van der Waals surface area contributed by atoms with E-state index in [-0.39, 0.29) is 17.5 Å². The number of hydrogen-bond acceptors (Lipinski definition) is 5. The third-order valence-electron chi connectivity index (χ3n) is 4.53. The number of rotatable bonds is 5. The van der Waals surface area contributed by atoms with E-state index in [1.165, 1.54) is 4.31 Å². The molecular weight excluding hydrogens is 430 g/mol. The number of ether oxygens (including phenoxy) is 1. The summed E-state index contributed by atoms with van der Waals surface area (Å²) in [5, 5.41) is 0.592. The molecule has 140 valence electrons. The highest BCUT2D eigenvalue weighted by molar-refractivity contribution is 9.10. The second kappa shape index (κ2) is 7.53. The Bertz CT molecular complexity index is 1050. The fourth-order valence-electron chi connectivity index (χ4n) is 3.22. The van der Waals surface area contributed by atoms with Crippen molar-refractivity contribution in [3.05, 3.63) is 59.3 Å². The summed E-state index contributed by atoms with van der Waals surface area (Å²) in [5.41, 5.74) is 0.638. The SMILES string of the molecule is O=S(=O)(c1cccc2ncccc12)N(C[C@H]1CCCO1)c1ccc(Br)cn1. The van der Waals surface area contributed by atoms with E-state index in [1.54, 1.807) is 54.9 Å². The van der Waals surface area contributed by atoms with Gasteiger partial charge < -0.3 is 4.74 Å². The molecule has 1 atom stereocenters. The third kappa shape index (κ3) is 3.69. The number of hydrogen-bond donors (Lipinski definition) is 0. The molecule has 0 unspecified atom stereocenters. The van der Waals surface area contributed by atoms with E-state index < -0.39 is 10.0 Å². The second-order valence-electron chi connectivity index (χ2n) is 6.33. The normalized spacial score (nSPS) is 17.3. The molecule has 4 rings (SSSR count). The van der Waals surface area contributed by atoms with Crippen molar-refractivity contribution in [2.24, 2.45) is 0 Å². The lowest BCUT2D eigenvalue weighted by molar-refractivity contribution is 0.118. The predicted octanol–water partition coefficient (Wildman–Crippen LogP) is 3.77. The number of pyridine rings is 2. The van der Waals surface area contributed by atoms with Crippen LogP contribution in [0.2, 0.25) is 0 Å². The van der Waals surface area contributed by atoms with Crippen LogP contribution in [0.25, 0.3) is 10.9 Å². The third-order valence-corrected chi connectivity index (χ3v) is 6.83. The van der Waals surface area contributed by atoms with Gasteiger partial charge in [-0.05, 0) is 65.2 Å². The largest absolute Gasteiger partial charge is 0.376 e. The monoisotopic (exact) mass is 447 g/mol. The summed E-state index contributed by atoms with van der Waals surface area (Å²) < 4.78 is 35.0. The minimum Gasteiger partial charge on any atom is -0.376 e. The van der Waals surface area contributed by atoms with E-state index >= 15 is 0 Å². The van der Waals surface area contributed by atoms with Crippen LogP contribution < -0.4 is 4.31 Å². The van der Waals surface area contributed by atoms with E-state index in [0.29, 0.717) is 23.3 Å². The van der Waals surface area contributed by atoms with Crippen molar-refractivity contribution in [2.45, 2.75) is 23.8 Å². The lowest BCUT2D eigenvalue weighted by Gasteiger charge is -2.26. The minimum absolute atomic E-state index is 0.140. The molecule has 1 fully saturated rings. The van der Waals surface area contributed by atoms with Gasteiger partial charge in [0, 0.05) is 28.9 Å². The van der Waals surface area contributed by atoms with E-state index in [4.69, 9.17) is 4.74 Å². The van der Waals surface area contributed by atoms with Gasteiger partial charge in [-0.15, -0.1) is 0 Å². The fraction of sp³-hybridized carbons (Fsp3) is 0.263. The van der Waals surface area contributed by atoms with Crippen LogP contribution in [0, 0.1) is 0 Å². The molecule has 0 bridgehead atoms. The van der Waals surface area contributed by atoms with Crippen molar-refractivity contribution in [3.8, 4) is 0 Å². The molecule has 0 amide bonds. The summed E-state index contributed by atoms with van der Waals surface area (Å²) in [7, 11) is -3.85. The number of halogens is 1. The van der Waals surface area contributed by atoms with Crippen LogP contribution >= 0.6 is 15.9 Å². The molecule has 27 heavy (non-hydrogen) atoms. The van der Waals surface area contributed by atoms with Gasteiger partial charge in [-0.3, -0.25) is 4.98 Å². The lowest BCUT2D eigenvalue weighted by atomic mass is 10.2. The van der Waals surface area contributed by atoms with Gasteiger partial charge in [0.25, 0.3) is 10.0 Å². The first kappa shape index (κ1) is 18.3. The Kier molecular flexibility index (Phi) is 5.12. The van der Waals surface area contributed by atoms with Gasteiger partial charge in [0.05, 0.1) is 23.1 Å². The van der Waals surface area contributed by atoms with Gasteiger partial charge in [-0.1, -0.05) is 6.07 Å². The predicted molar refractivity (Wildman–Crippen MR) is 107 cm³/mol. The highest BCUT2D eigenvalue weighted by atomic mass is 79.9. The Morgan fingerprint density at radius 3 is 2.78 bits per heavy atom. The number of anilines is 1. The first-order valence-electron chi connectivity index (χ1n) is 8.65. The summed E-state index contributed by atoms with van der Waals surface area (Å²) >= 11 is 3.35. The molecule has 3 aromatic rings. The first-order chi connectivity index (χ1) is 13.1. The summed E-state index contributed by atoms with van der Waals surface area (Å²) in [6.07, 6.45) is 4.87. The van der Waals surface area contributed by atoms with Gasteiger partial charge in [-0.2, -0.15) is 0 Å². The molecule has 0 saturated carbocycles. The van der Waals surface area contributed by atoms with Gasteiger partial charge in [0.2, 0.25) is 0 Å². The second-order valence-corrected chi connectivity index (χ2v) is 9.08. The first-order valence-corrected chi connectivity index (χ1v) is 10.9. The minimum atomic E-state index is -3.85. The van der Waals surface area contributed by atoms with E-state index in [9.17, 15) is 8.42 Å². The van der Waals surface area contributed by atoms with Crippen LogP contribution in [0.15, 0.2) is 64.2 Å². The van der Waals surface area contributed by atoms with Gasteiger partial charge in [-0.25, -0.2) is 17.7 Å². The topological polar surface area (TPSA) is 72.4 Å². The number of fused-ring (bicyclic) bond motifs is 1. The summed E-state index contributed by atoms with van der Waals surface area (Å²) in [6.45, 7) is 0.887. The van der Waals surface area contributed by atoms with Crippen LogP contribution in [0.1, 0.15) is 12.8 Å². The van der Waals surface area contributed by atoms with Gasteiger partial charge in [0.1, 0.15) is 5.82 Å². The molecule has 0 radical (unpaired) electrons. The summed E-state index contributed by atoms with van der Waals surface area (Å²) in [5.74, 6) is 0.370. The molecule has 0 aliphatic carbocycles. The Balaban J connectivity index is 1.82. The van der Waals surface area contributed by atoms with Crippen molar-refractivity contribution in [1.82, 2.24) is 9.97 Å². The standard InChI is InChI=1S/C19H18BrN3O3S/c20-14-8-9-19(22-12-14)23(13-15-4-3-11-26-15)27(24,25)18-7-1-6-17-16(18)5-2-10-21-17/h1-2,5-10,12,15H,3-4,11,13H2/t15-/m1/s1. The Morgan fingerprint density at radius 2 is 2.04 bits per heavy atom. The molecule has 2 aromatic heterocycles. The average Bonchev–Trinajstić information content (AvgIpc) is 3.20. The Hall–Kier alpha value is -2.03. The quantitative estimate of drug-likeness (QED) is 0.594. The van der Waals surface area contributed by atoms with E-state index in [1.807, 2.05) is 0 Å². The van der Waals surface area contributed by atoms with Crippen molar-refractivity contribution in [1.29, 1.82) is 0 Å². The molecule has 0 spiro atoms. The zero-order chi connectivity index (χ0) is 18.9. The van der Waals surface area contributed by atoms with Crippen LogP contribution in [0.4, 0.5) is 5.82 Å². The van der Waals surface area contributed by atoms with Gasteiger partial charge in [0.15, 0.2) is 0 Å². The Labute approximate surface area is 166 Å². The molecule has 1 aromatic carbocycles. The molecule has 8 heteroatoms. The highest BCUT2D eigenvalue weighted by Gasteiger charge is 2.31. The summed E-state index contributed by atoms with van der Waals surface area (Å²) in [4.78, 5) is 8.81. The van der Waals surface area contributed by atoms with Crippen molar-refractivity contribution in [2.75, 3.05) is 17.5 Å². The highest BCUT2D eigenvalue weighted by Crippen LogP contribution is 2.29. The number of benzene rings is 1. The smallest absolute Gasteiger partial charge is 0.266 e. The maximum atomic E-state index is 13.6. The number of nitrogens with zero attached hydrogens (tertiary/aromatic N) is 3. The van der Waals surface area contributed by atoms with E-state index in [2.05, 4.69) is 25.9 Å². The fourth-order valence-corrected chi connectivity index (χ4v) is 5.11. The van der Waals surface area contributed by atoms with Crippen molar-refractivity contribution >= 4 is 42.7 Å². The molecule has 1 saturated heterocycles. The Morgan fingerprint density at radius 1 is 1.15 bits per heavy atom. The average molecular weight is 448 g/mol. The zero-order valence-electron chi connectivity index (χ0n) is 14.5. The molecular formula is C19H18BrN3O3S.